The first-order valence-corrected chi connectivity index (χ1v) is 12.7. The number of hydrogen-bond acceptors (Lipinski definition) is 2. The highest BCUT2D eigenvalue weighted by Gasteiger charge is 2.13. The van der Waals surface area contributed by atoms with Crippen LogP contribution in [0.4, 0.5) is 0 Å². The van der Waals surface area contributed by atoms with Gasteiger partial charge in [0.05, 0.1) is 5.92 Å². The predicted octanol–water partition coefficient (Wildman–Crippen LogP) is 8.17. The molecule has 3 heteroatoms. The first-order valence-electron chi connectivity index (χ1n) is 12.7. The van der Waals surface area contributed by atoms with E-state index in [1.165, 1.54) is 89.9 Å². The van der Waals surface area contributed by atoms with Crippen LogP contribution >= 0.6 is 0 Å². The molecule has 0 amide bonds. The Morgan fingerprint density at radius 1 is 0.655 bits per heavy atom. The molecule has 2 atom stereocenters. The van der Waals surface area contributed by atoms with Crippen LogP contribution in [-0.4, -0.2) is 37.1 Å². The lowest BCUT2D eigenvalue weighted by atomic mass is 9.98. The molecule has 2 unspecified atom stereocenters. The minimum Gasteiger partial charge on any atom is -0.481 e. The van der Waals surface area contributed by atoms with Crippen LogP contribution in [0.5, 0.6) is 0 Å². The summed E-state index contributed by atoms with van der Waals surface area (Å²) in [5.74, 6) is 0.193. The van der Waals surface area contributed by atoms with Gasteiger partial charge in [0.2, 0.25) is 0 Å². The molecule has 0 aromatic heterocycles. The Bertz CT molecular complexity index is 328. The molecule has 0 aromatic rings. The smallest absolute Gasteiger partial charge is 0.306 e. The second-order valence-corrected chi connectivity index (χ2v) is 9.47. The normalized spacial score (nSPS) is 13.1. The van der Waals surface area contributed by atoms with Crippen LogP contribution in [0, 0.1) is 11.8 Å². The summed E-state index contributed by atoms with van der Waals surface area (Å²) in [4.78, 5) is 12.9. The van der Waals surface area contributed by atoms with Crippen molar-refractivity contribution in [2.45, 2.75) is 130 Å². The Balaban J connectivity index is 0. The van der Waals surface area contributed by atoms with Gasteiger partial charge in [-0.1, -0.05) is 117 Å². The van der Waals surface area contributed by atoms with E-state index in [0.717, 1.165) is 25.2 Å². The van der Waals surface area contributed by atoms with E-state index in [9.17, 15) is 4.79 Å². The number of carbonyl (C=O) groups is 1. The topological polar surface area (TPSA) is 40.5 Å². The van der Waals surface area contributed by atoms with Crippen LogP contribution in [-0.2, 0) is 4.79 Å². The zero-order chi connectivity index (χ0) is 22.3. The molecule has 0 heterocycles. The fourth-order valence-corrected chi connectivity index (χ4v) is 3.53. The lowest BCUT2D eigenvalue weighted by Gasteiger charge is -2.09. The van der Waals surface area contributed by atoms with Gasteiger partial charge in [0.1, 0.15) is 0 Å². The lowest BCUT2D eigenvalue weighted by Crippen LogP contribution is -2.12. The highest BCUT2D eigenvalue weighted by molar-refractivity contribution is 5.69. The quantitative estimate of drug-likeness (QED) is 0.217. The fraction of sp³-hybridized carbons (Fsp3) is 0.962. The van der Waals surface area contributed by atoms with Crippen molar-refractivity contribution in [2.24, 2.45) is 11.8 Å². The third-order valence-electron chi connectivity index (χ3n) is 5.79. The van der Waals surface area contributed by atoms with E-state index < -0.39 is 5.97 Å². The van der Waals surface area contributed by atoms with Crippen molar-refractivity contribution in [1.29, 1.82) is 0 Å². The first kappa shape index (κ1) is 30.6. The van der Waals surface area contributed by atoms with E-state index in [0.29, 0.717) is 0 Å². The van der Waals surface area contributed by atoms with Crippen molar-refractivity contribution in [3.8, 4) is 0 Å². The molecule has 0 fully saturated rings. The third kappa shape index (κ3) is 27.4. The third-order valence-corrected chi connectivity index (χ3v) is 5.79. The van der Waals surface area contributed by atoms with E-state index in [-0.39, 0.29) is 5.92 Å². The Labute approximate surface area is 184 Å². The summed E-state index contributed by atoms with van der Waals surface area (Å²) >= 11 is 0. The van der Waals surface area contributed by atoms with Crippen molar-refractivity contribution >= 4 is 5.97 Å². The van der Waals surface area contributed by atoms with Crippen LogP contribution in [0.25, 0.3) is 0 Å². The summed E-state index contributed by atoms with van der Waals surface area (Å²) in [6.45, 7) is 6.65. The van der Waals surface area contributed by atoms with Crippen molar-refractivity contribution in [1.82, 2.24) is 4.90 Å². The number of hydrogen-bond donors (Lipinski definition) is 1. The summed E-state index contributed by atoms with van der Waals surface area (Å²) in [5.41, 5.74) is 0. The molecule has 0 spiro atoms. The van der Waals surface area contributed by atoms with Crippen LogP contribution in [0.2, 0.25) is 0 Å². The second kappa shape index (κ2) is 23.7. The highest BCUT2D eigenvalue weighted by atomic mass is 16.4. The Morgan fingerprint density at radius 3 is 1.24 bits per heavy atom. The zero-order valence-corrected chi connectivity index (χ0v) is 21.0. The van der Waals surface area contributed by atoms with Gasteiger partial charge in [-0.15, -0.1) is 0 Å². The molecule has 0 saturated heterocycles. The molecule has 0 aliphatic carbocycles. The molecule has 3 nitrogen and oxygen atoms in total. The molecule has 0 radical (unpaired) electrons. The minimum atomic E-state index is -0.613. The SMILES string of the molecule is CCC(C)CCCCCCCCCCCCCCCC(CC)C(=O)O.CN(C)C. The maximum atomic E-state index is 10.9. The van der Waals surface area contributed by atoms with E-state index in [4.69, 9.17) is 5.11 Å². The van der Waals surface area contributed by atoms with Crippen LogP contribution in [0.15, 0.2) is 0 Å². The van der Waals surface area contributed by atoms with Gasteiger partial charge in [-0.3, -0.25) is 4.79 Å². The van der Waals surface area contributed by atoms with Gasteiger partial charge in [0, 0.05) is 0 Å². The average molecular weight is 414 g/mol. The van der Waals surface area contributed by atoms with Crippen molar-refractivity contribution in [3.63, 3.8) is 0 Å². The fourth-order valence-electron chi connectivity index (χ4n) is 3.53. The van der Waals surface area contributed by atoms with Crippen LogP contribution in [0.3, 0.4) is 0 Å². The summed E-state index contributed by atoms with van der Waals surface area (Å²) in [7, 11) is 6.00. The largest absolute Gasteiger partial charge is 0.481 e. The van der Waals surface area contributed by atoms with E-state index in [2.05, 4.69) is 13.8 Å². The minimum absolute atomic E-state index is 0.116. The first-order chi connectivity index (χ1) is 13.8. The van der Waals surface area contributed by atoms with Gasteiger partial charge >= 0.3 is 5.97 Å². The average Bonchev–Trinajstić information content (AvgIpc) is 2.66. The van der Waals surface area contributed by atoms with Crippen molar-refractivity contribution in [3.05, 3.63) is 0 Å². The summed E-state index contributed by atoms with van der Waals surface area (Å²) in [6.07, 6.45) is 22.0. The Morgan fingerprint density at radius 2 is 0.966 bits per heavy atom. The number of aliphatic carboxylic acids is 1. The second-order valence-electron chi connectivity index (χ2n) is 9.47. The van der Waals surface area contributed by atoms with Gasteiger partial charge in [-0.25, -0.2) is 0 Å². The number of rotatable bonds is 19. The molecular weight excluding hydrogens is 358 g/mol. The monoisotopic (exact) mass is 413 g/mol. The lowest BCUT2D eigenvalue weighted by molar-refractivity contribution is -0.142. The number of carboxylic acid groups (broad SMARTS) is 1. The molecule has 0 aliphatic rings. The highest BCUT2D eigenvalue weighted by Crippen LogP contribution is 2.17. The molecule has 29 heavy (non-hydrogen) atoms. The van der Waals surface area contributed by atoms with E-state index >= 15 is 0 Å². The maximum Gasteiger partial charge on any atom is 0.306 e. The molecule has 0 aromatic carbocycles. The molecule has 0 rings (SSSR count). The number of nitrogens with zero attached hydrogens (tertiary/aromatic N) is 1. The molecule has 0 saturated carbocycles. The van der Waals surface area contributed by atoms with Gasteiger partial charge in [-0.2, -0.15) is 0 Å². The maximum absolute atomic E-state index is 10.9. The Hall–Kier alpha value is -0.570. The van der Waals surface area contributed by atoms with Crippen molar-refractivity contribution in [2.75, 3.05) is 21.1 Å². The van der Waals surface area contributed by atoms with E-state index in [1.807, 2.05) is 33.0 Å². The zero-order valence-electron chi connectivity index (χ0n) is 21.0. The number of unbranched alkanes of at least 4 members (excludes halogenated alkanes) is 12. The molecular formula is C26H55NO2. The number of carboxylic acids is 1. The summed E-state index contributed by atoms with van der Waals surface area (Å²) < 4.78 is 0. The summed E-state index contributed by atoms with van der Waals surface area (Å²) in [5, 5.41) is 9.01. The predicted molar refractivity (Wildman–Crippen MR) is 130 cm³/mol. The van der Waals surface area contributed by atoms with E-state index in [1.54, 1.807) is 0 Å². The van der Waals surface area contributed by atoms with Gasteiger partial charge in [0.25, 0.3) is 0 Å². The molecule has 0 aliphatic heterocycles. The standard InChI is InChI=1S/C23H46O2.C3H9N/c1-4-21(3)19-17-15-13-11-9-7-6-8-10-12-14-16-18-20-22(5-2)23(24)25;1-4(2)3/h21-22H,4-20H2,1-3H3,(H,24,25);1-3H3. The van der Waals surface area contributed by atoms with Gasteiger partial charge in [-0.05, 0) is 39.9 Å². The molecule has 176 valence electrons. The Kier molecular flexibility index (Phi) is 25.0. The van der Waals surface area contributed by atoms with Crippen LogP contribution < -0.4 is 0 Å². The molecule has 1 N–H and O–H groups in total. The van der Waals surface area contributed by atoms with Crippen LogP contribution in [0.1, 0.15) is 130 Å². The molecule has 0 bridgehead atoms. The van der Waals surface area contributed by atoms with Crippen molar-refractivity contribution < 1.29 is 9.90 Å². The van der Waals surface area contributed by atoms with Gasteiger partial charge < -0.3 is 10.0 Å². The van der Waals surface area contributed by atoms with Gasteiger partial charge in [0.15, 0.2) is 0 Å². The summed E-state index contributed by atoms with van der Waals surface area (Å²) in [6, 6.07) is 0.